The topological polar surface area (TPSA) is 64.1 Å². The summed E-state index contributed by atoms with van der Waals surface area (Å²) in [5, 5.41) is 9.70. The monoisotopic (exact) mass is 371 g/mol. The van der Waals surface area contributed by atoms with E-state index in [2.05, 4.69) is 4.90 Å². The predicted octanol–water partition coefficient (Wildman–Crippen LogP) is 1.24. The first-order valence-corrected chi connectivity index (χ1v) is 8.66. The first kappa shape index (κ1) is 17.6. The Morgan fingerprint density at radius 3 is 2.42 bits per heavy atom. The maximum atomic E-state index is 12.8. The van der Waals surface area contributed by atoms with Crippen molar-refractivity contribution in [2.75, 3.05) is 44.2 Å². The van der Waals surface area contributed by atoms with Gasteiger partial charge in [-0.05, 0) is 18.2 Å². The molecule has 6 nitrogen and oxygen atoms in total. The van der Waals surface area contributed by atoms with Crippen LogP contribution in [0.5, 0.6) is 0 Å². The van der Waals surface area contributed by atoms with Gasteiger partial charge in [-0.2, -0.15) is 0 Å². The predicted molar refractivity (Wildman–Crippen MR) is 92.5 cm³/mol. The maximum absolute atomic E-state index is 12.8. The van der Waals surface area contributed by atoms with E-state index in [-0.39, 0.29) is 24.8 Å². The second-order valence-corrected chi connectivity index (χ2v) is 6.80. The molecule has 130 valence electrons. The molecule has 3 rings (SSSR count). The number of aliphatic hydroxyl groups excluding tert-OH is 1. The van der Waals surface area contributed by atoms with Crippen molar-refractivity contribution in [1.29, 1.82) is 0 Å². The number of carbonyl (C=O) groups is 2. The fourth-order valence-electron chi connectivity index (χ4n) is 3.24. The van der Waals surface area contributed by atoms with Gasteiger partial charge in [-0.3, -0.25) is 19.4 Å². The number of hydrogen-bond acceptors (Lipinski definition) is 5. The van der Waals surface area contributed by atoms with Gasteiger partial charge in [0.15, 0.2) is 0 Å². The zero-order valence-electron chi connectivity index (χ0n) is 13.1. The van der Waals surface area contributed by atoms with Gasteiger partial charge in [0.1, 0.15) is 0 Å². The van der Waals surface area contributed by atoms with E-state index >= 15 is 0 Å². The molecule has 8 heteroatoms. The SMILES string of the molecule is O=C1C[C@@H](N2CCN(CCO)CC2)C(=O)N1c1ccc(Cl)c(Cl)c1. The molecule has 1 N–H and O–H groups in total. The van der Waals surface area contributed by atoms with Crippen LogP contribution in [-0.4, -0.2) is 72.1 Å². The lowest BCUT2D eigenvalue weighted by molar-refractivity contribution is -0.123. The van der Waals surface area contributed by atoms with E-state index in [4.69, 9.17) is 28.3 Å². The number of halogens is 2. The van der Waals surface area contributed by atoms with Gasteiger partial charge in [0.25, 0.3) is 5.91 Å². The average Bonchev–Trinajstić information content (AvgIpc) is 2.86. The molecule has 2 heterocycles. The Morgan fingerprint density at radius 1 is 1.08 bits per heavy atom. The van der Waals surface area contributed by atoms with Crippen LogP contribution in [0.4, 0.5) is 5.69 Å². The quantitative estimate of drug-likeness (QED) is 0.806. The van der Waals surface area contributed by atoms with Crippen LogP contribution < -0.4 is 4.90 Å². The van der Waals surface area contributed by atoms with E-state index < -0.39 is 6.04 Å². The minimum atomic E-state index is -0.428. The average molecular weight is 372 g/mol. The highest BCUT2D eigenvalue weighted by Gasteiger charge is 2.43. The number of anilines is 1. The summed E-state index contributed by atoms with van der Waals surface area (Å²) in [6.45, 7) is 3.75. The molecule has 2 amide bonds. The Bertz CT molecular complexity index is 647. The van der Waals surface area contributed by atoms with Crippen molar-refractivity contribution in [1.82, 2.24) is 9.80 Å². The number of carbonyl (C=O) groups excluding carboxylic acids is 2. The fourth-order valence-corrected chi connectivity index (χ4v) is 3.53. The van der Waals surface area contributed by atoms with E-state index in [1.54, 1.807) is 18.2 Å². The van der Waals surface area contributed by atoms with Crippen molar-refractivity contribution in [2.24, 2.45) is 0 Å². The van der Waals surface area contributed by atoms with Crippen LogP contribution in [0, 0.1) is 0 Å². The lowest BCUT2D eigenvalue weighted by atomic mass is 10.1. The van der Waals surface area contributed by atoms with Gasteiger partial charge in [-0.1, -0.05) is 23.2 Å². The van der Waals surface area contributed by atoms with Gasteiger partial charge < -0.3 is 5.11 Å². The number of piperazine rings is 1. The number of amides is 2. The highest BCUT2D eigenvalue weighted by Crippen LogP contribution is 2.31. The number of β-amino-alcohol motifs (C(OH)–C–C–N with tert-alkyl or cyclic N) is 1. The minimum absolute atomic E-state index is 0.131. The van der Waals surface area contributed by atoms with Crippen LogP contribution in [0.3, 0.4) is 0 Å². The summed E-state index contributed by atoms with van der Waals surface area (Å²) in [4.78, 5) is 30.5. The van der Waals surface area contributed by atoms with Crippen LogP contribution in [0.15, 0.2) is 18.2 Å². The molecular formula is C16H19Cl2N3O3. The van der Waals surface area contributed by atoms with E-state index in [0.717, 1.165) is 13.1 Å². The van der Waals surface area contributed by atoms with Crippen molar-refractivity contribution in [2.45, 2.75) is 12.5 Å². The number of benzene rings is 1. The third-order valence-electron chi connectivity index (χ3n) is 4.55. The molecule has 2 aliphatic heterocycles. The molecule has 0 bridgehead atoms. The van der Waals surface area contributed by atoms with Gasteiger partial charge in [0.2, 0.25) is 5.91 Å². The molecule has 1 atom stereocenters. The van der Waals surface area contributed by atoms with Crippen molar-refractivity contribution >= 4 is 40.7 Å². The molecular weight excluding hydrogens is 353 g/mol. The van der Waals surface area contributed by atoms with Crippen LogP contribution in [0.25, 0.3) is 0 Å². The number of imide groups is 1. The van der Waals surface area contributed by atoms with Gasteiger partial charge >= 0.3 is 0 Å². The number of nitrogens with zero attached hydrogens (tertiary/aromatic N) is 3. The maximum Gasteiger partial charge on any atom is 0.251 e. The Labute approximate surface area is 150 Å². The Morgan fingerprint density at radius 2 is 1.79 bits per heavy atom. The largest absolute Gasteiger partial charge is 0.395 e. The molecule has 1 aromatic rings. The van der Waals surface area contributed by atoms with Gasteiger partial charge in [-0.15, -0.1) is 0 Å². The Balaban J connectivity index is 1.71. The molecule has 0 unspecified atom stereocenters. The molecule has 0 aliphatic carbocycles. The van der Waals surface area contributed by atoms with E-state index in [1.807, 2.05) is 4.90 Å². The summed E-state index contributed by atoms with van der Waals surface area (Å²) in [6, 6.07) is 4.33. The number of hydrogen-bond donors (Lipinski definition) is 1. The van der Waals surface area contributed by atoms with E-state index in [0.29, 0.717) is 35.4 Å². The first-order valence-electron chi connectivity index (χ1n) is 7.90. The fraction of sp³-hybridized carbons (Fsp3) is 0.500. The van der Waals surface area contributed by atoms with Crippen LogP contribution in [0.1, 0.15) is 6.42 Å². The summed E-state index contributed by atoms with van der Waals surface area (Å²) in [5.41, 5.74) is 0.459. The molecule has 0 spiro atoms. The number of aliphatic hydroxyl groups is 1. The van der Waals surface area contributed by atoms with Crippen molar-refractivity contribution in [3.63, 3.8) is 0 Å². The van der Waals surface area contributed by atoms with Gasteiger partial charge in [0, 0.05) is 32.7 Å². The first-order chi connectivity index (χ1) is 11.5. The zero-order chi connectivity index (χ0) is 17.3. The molecule has 0 saturated carbocycles. The third-order valence-corrected chi connectivity index (χ3v) is 5.29. The molecule has 2 aliphatic rings. The van der Waals surface area contributed by atoms with Gasteiger partial charge in [0.05, 0.1) is 34.8 Å². The lowest BCUT2D eigenvalue weighted by Gasteiger charge is -2.36. The molecule has 1 aromatic carbocycles. The van der Waals surface area contributed by atoms with Crippen molar-refractivity contribution < 1.29 is 14.7 Å². The lowest BCUT2D eigenvalue weighted by Crippen LogP contribution is -2.52. The zero-order valence-corrected chi connectivity index (χ0v) is 14.6. The number of rotatable bonds is 4. The summed E-state index contributed by atoms with van der Waals surface area (Å²) in [5.74, 6) is -0.435. The Kier molecular flexibility index (Phi) is 5.42. The molecule has 0 radical (unpaired) electrons. The highest BCUT2D eigenvalue weighted by atomic mass is 35.5. The third kappa shape index (κ3) is 3.43. The second-order valence-electron chi connectivity index (χ2n) is 5.99. The minimum Gasteiger partial charge on any atom is -0.395 e. The summed E-state index contributed by atoms with van der Waals surface area (Å²) < 4.78 is 0. The normalized spacial score (nSPS) is 23.3. The van der Waals surface area contributed by atoms with Crippen LogP contribution in [-0.2, 0) is 9.59 Å². The molecule has 24 heavy (non-hydrogen) atoms. The summed E-state index contributed by atoms with van der Waals surface area (Å²) >= 11 is 11.9. The standard InChI is InChI=1S/C16H19Cl2N3O3/c17-12-2-1-11(9-13(12)18)21-15(23)10-14(16(21)24)20-5-3-19(4-6-20)7-8-22/h1-2,9,14,22H,3-8,10H2/t14-/m1/s1. The van der Waals surface area contributed by atoms with Crippen LogP contribution in [0.2, 0.25) is 10.0 Å². The van der Waals surface area contributed by atoms with E-state index in [9.17, 15) is 9.59 Å². The summed E-state index contributed by atoms with van der Waals surface area (Å²) in [6.07, 6.45) is 0.180. The Hall–Kier alpha value is -1.18. The van der Waals surface area contributed by atoms with Crippen LogP contribution >= 0.6 is 23.2 Å². The molecule has 2 fully saturated rings. The van der Waals surface area contributed by atoms with Gasteiger partial charge in [-0.25, -0.2) is 4.90 Å². The van der Waals surface area contributed by atoms with Crippen molar-refractivity contribution in [3.05, 3.63) is 28.2 Å². The second kappa shape index (κ2) is 7.37. The molecule has 0 aromatic heterocycles. The summed E-state index contributed by atoms with van der Waals surface area (Å²) in [7, 11) is 0. The van der Waals surface area contributed by atoms with E-state index in [1.165, 1.54) is 4.90 Å². The smallest absolute Gasteiger partial charge is 0.251 e. The highest BCUT2D eigenvalue weighted by molar-refractivity contribution is 6.42. The van der Waals surface area contributed by atoms with Crippen molar-refractivity contribution in [3.8, 4) is 0 Å². The molecule has 2 saturated heterocycles.